The Morgan fingerprint density at radius 3 is 2.86 bits per heavy atom. The summed E-state index contributed by atoms with van der Waals surface area (Å²) in [6, 6.07) is 6.25. The van der Waals surface area contributed by atoms with E-state index in [2.05, 4.69) is 24.0 Å². The third kappa shape index (κ3) is 2.32. The Balaban J connectivity index is 2.08. The zero-order chi connectivity index (χ0) is 15.0. The number of benzene rings is 1. The van der Waals surface area contributed by atoms with Gasteiger partial charge in [0, 0.05) is 43.7 Å². The third-order valence-electron chi connectivity index (χ3n) is 4.27. The van der Waals surface area contributed by atoms with Gasteiger partial charge in [0.2, 0.25) is 5.91 Å². The van der Waals surface area contributed by atoms with Crippen LogP contribution in [0.1, 0.15) is 23.1 Å². The van der Waals surface area contributed by atoms with E-state index in [1.54, 1.807) is 4.90 Å². The van der Waals surface area contributed by atoms with Crippen LogP contribution in [0.25, 0.3) is 11.1 Å². The van der Waals surface area contributed by atoms with Crippen LogP contribution in [0, 0.1) is 6.92 Å². The normalized spacial score (nSPS) is 14.2. The van der Waals surface area contributed by atoms with Gasteiger partial charge >= 0.3 is 0 Å². The number of fused-ring (bicyclic) bond motifs is 1. The van der Waals surface area contributed by atoms with Crippen LogP contribution in [0.15, 0.2) is 30.6 Å². The zero-order valence-corrected chi connectivity index (χ0v) is 12.4. The number of nitrogens with zero attached hydrogens (tertiary/aromatic N) is 2. The van der Waals surface area contributed by atoms with Crippen LogP contribution in [-0.4, -0.2) is 17.9 Å². The average molecular weight is 281 g/mol. The van der Waals surface area contributed by atoms with Gasteiger partial charge in [-0.05, 0) is 47.7 Å². The summed E-state index contributed by atoms with van der Waals surface area (Å²) in [5, 5.41) is 0. The Labute approximate surface area is 124 Å². The minimum Gasteiger partial charge on any atom is -0.326 e. The molecule has 0 saturated carbocycles. The van der Waals surface area contributed by atoms with Crippen molar-refractivity contribution in [3.05, 3.63) is 47.3 Å². The third-order valence-corrected chi connectivity index (χ3v) is 4.27. The lowest BCUT2D eigenvalue weighted by Crippen LogP contribution is -2.30. The SMILES string of the molecule is Cc1c(CN)cncc1-c1ccc2c(c1)CCC(=O)N2C. The lowest BCUT2D eigenvalue weighted by atomic mass is 9.94. The van der Waals surface area contributed by atoms with Crippen molar-refractivity contribution in [2.24, 2.45) is 5.73 Å². The predicted octanol–water partition coefficient (Wildman–Crippen LogP) is 2.42. The number of carbonyl (C=O) groups is 1. The van der Waals surface area contributed by atoms with Gasteiger partial charge in [-0.25, -0.2) is 0 Å². The van der Waals surface area contributed by atoms with Crippen molar-refractivity contribution in [1.82, 2.24) is 4.98 Å². The van der Waals surface area contributed by atoms with Crippen molar-refractivity contribution < 1.29 is 4.79 Å². The molecule has 4 heteroatoms. The molecular formula is C17H19N3O. The van der Waals surface area contributed by atoms with Crippen molar-refractivity contribution >= 4 is 11.6 Å². The van der Waals surface area contributed by atoms with E-state index in [-0.39, 0.29) is 5.91 Å². The predicted molar refractivity (Wildman–Crippen MR) is 84.0 cm³/mol. The highest BCUT2D eigenvalue weighted by molar-refractivity contribution is 5.96. The molecule has 2 N–H and O–H groups in total. The van der Waals surface area contributed by atoms with Crippen LogP contribution in [-0.2, 0) is 17.8 Å². The fourth-order valence-electron chi connectivity index (χ4n) is 2.89. The first-order valence-electron chi connectivity index (χ1n) is 7.15. The first-order chi connectivity index (χ1) is 10.1. The number of hydrogen-bond acceptors (Lipinski definition) is 3. The van der Waals surface area contributed by atoms with Crippen LogP contribution >= 0.6 is 0 Å². The fraction of sp³-hybridized carbons (Fsp3) is 0.294. The maximum absolute atomic E-state index is 11.8. The Bertz CT molecular complexity index is 709. The molecule has 1 amide bonds. The molecule has 108 valence electrons. The number of carbonyl (C=O) groups excluding carboxylic acids is 1. The Kier molecular flexibility index (Phi) is 3.47. The monoisotopic (exact) mass is 281 g/mol. The molecule has 0 spiro atoms. The number of rotatable bonds is 2. The molecule has 1 aliphatic heterocycles. The summed E-state index contributed by atoms with van der Waals surface area (Å²) in [6.45, 7) is 2.57. The van der Waals surface area contributed by atoms with E-state index in [1.807, 2.05) is 25.5 Å². The van der Waals surface area contributed by atoms with Gasteiger partial charge in [0.05, 0.1) is 0 Å². The molecule has 0 aliphatic carbocycles. The number of nitrogens with two attached hydrogens (primary N) is 1. The smallest absolute Gasteiger partial charge is 0.227 e. The molecule has 0 bridgehead atoms. The van der Waals surface area contributed by atoms with Crippen LogP contribution in [0.3, 0.4) is 0 Å². The number of anilines is 1. The van der Waals surface area contributed by atoms with Gasteiger partial charge in [0.15, 0.2) is 0 Å². The molecule has 0 fully saturated rings. The summed E-state index contributed by atoms with van der Waals surface area (Å²) in [5.74, 6) is 0.179. The lowest BCUT2D eigenvalue weighted by molar-refractivity contribution is -0.118. The Morgan fingerprint density at radius 1 is 1.29 bits per heavy atom. The van der Waals surface area contributed by atoms with Gasteiger partial charge in [-0.15, -0.1) is 0 Å². The van der Waals surface area contributed by atoms with E-state index in [0.717, 1.165) is 28.8 Å². The van der Waals surface area contributed by atoms with Crippen LogP contribution in [0.2, 0.25) is 0 Å². The second kappa shape index (κ2) is 5.30. The number of aryl methyl sites for hydroxylation is 1. The first kappa shape index (κ1) is 13.8. The van der Waals surface area contributed by atoms with Gasteiger partial charge in [-0.1, -0.05) is 6.07 Å². The summed E-state index contributed by atoms with van der Waals surface area (Å²) in [7, 11) is 1.84. The average Bonchev–Trinajstić information content (AvgIpc) is 2.51. The van der Waals surface area contributed by atoms with Gasteiger partial charge in [-0.2, -0.15) is 0 Å². The van der Waals surface area contributed by atoms with Gasteiger partial charge in [0.25, 0.3) is 0 Å². The van der Waals surface area contributed by atoms with Crippen LogP contribution < -0.4 is 10.6 Å². The topological polar surface area (TPSA) is 59.2 Å². The lowest BCUT2D eigenvalue weighted by Gasteiger charge is -2.26. The number of pyridine rings is 1. The minimum atomic E-state index is 0.179. The summed E-state index contributed by atoms with van der Waals surface area (Å²) in [6.07, 6.45) is 5.08. The number of aromatic nitrogens is 1. The quantitative estimate of drug-likeness (QED) is 0.919. The molecule has 1 aliphatic rings. The molecular weight excluding hydrogens is 262 g/mol. The summed E-state index contributed by atoms with van der Waals surface area (Å²) in [4.78, 5) is 17.8. The number of amides is 1. The van der Waals surface area contributed by atoms with Gasteiger partial charge in [0.1, 0.15) is 0 Å². The molecule has 0 radical (unpaired) electrons. The van der Waals surface area contributed by atoms with Crippen LogP contribution in [0.5, 0.6) is 0 Å². The van der Waals surface area contributed by atoms with Crippen molar-refractivity contribution in [2.75, 3.05) is 11.9 Å². The highest BCUT2D eigenvalue weighted by atomic mass is 16.2. The van der Waals surface area contributed by atoms with Crippen molar-refractivity contribution in [1.29, 1.82) is 0 Å². The van der Waals surface area contributed by atoms with E-state index in [0.29, 0.717) is 13.0 Å². The fourth-order valence-corrected chi connectivity index (χ4v) is 2.89. The molecule has 1 aromatic carbocycles. The molecule has 0 atom stereocenters. The van der Waals surface area contributed by atoms with Crippen LogP contribution in [0.4, 0.5) is 5.69 Å². The molecule has 1 aromatic heterocycles. The molecule has 4 nitrogen and oxygen atoms in total. The van der Waals surface area contributed by atoms with E-state index >= 15 is 0 Å². The van der Waals surface area contributed by atoms with Crippen molar-refractivity contribution in [3.63, 3.8) is 0 Å². The van der Waals surface area contributed by atoms with E-state index in [1.165, 1.54) is 11.1 Å². The van der Waals surface area contributed by atoms with Crippen molar-refractivity contribution in [2.45, 2.75) is 26.3 Å². The van der Waals surface area contributed by atoms with Gasteiger partial charge < -0.3 is 10.6 Å². The van der Waals surface area contributed by atoms with E-state index < -0.39 is 0 Å². The van der Waals surface area contributed by atoms with E-state index in [4.69, 9.17) is 5.73 Å². The highest BCUT2D eigenvalue weighted by Crippen LogP contribution is 2.32. The molecule has 0 unspecified atom stereocenters. The summed E-state index contributed by atoms with van der Waals surface area (Å²) >= 11 is 0. The largest absolute Gasteiger partial charge is 0.326 e. The van der Waals surface area contributed by atoms with Gasteiger partial charge in [-0.3, -0.25) is 9.78 Å². The molecule has 0 saturated heterocycles. The Hall–Kier alpha value is -2.20. The maximum Gasteiger partial charge on any atom is 0.227 e. The number of hydrogen-bond donors (Lipinski definition) is 1. The Morgan fingerprint density at radius 2 is 2.10 bits per heavy atom. The standard InChI is InChI=1S/C17H19N3O/c1-11-14(8-18)9-19-10-15(11)12-3-5-16-13(7-12)4-6-17(21)20(16)2/h3,5,7,9-10H,4,6,8,18H2,1-2H3. The first-order valence-corrected chi connectivity index (χ1v) is 7.15. The molecule has 2 aromatic rings. The summed E-state index contributed by atoms with van der Waals surface area (Å²) < 4.78 is 0. The highest BCUT2D eigenvalue weighted by Gasteiger charge is 2.21. The second-order valence-corrected chi connectivity index (χ2v) is 5.47. The molecule has 3 rings (SSSR count). The minimum absolute atomic E-state index is 0.179. The van der Waals surface area contributed by atoms with Crippen molar-refractivity contribution in [3.8, 4) is 11.1 Å². The second-order valence-electron chi connectivity index (χ2n) is 5.47. The molecule has 21 heavy (non-hydrogen) atoms. The zero-order valence-electron chi connectivity index (χ0n) is 12.4. The summed E-state index contributed by atoms with van der Waals surface area (Å²) in [5.41, 5.74) is 12.5. The maximum atomic E-state index is 11.8. The van der Waals surface area contributed by atoms with E-state index in [9.17, 15) is 4.79 Å². The molecule has 2 heterocycles.